The molecule has 1 aliphatic rings. The molecule has 0 aliphatic carbocycles. The van der Waals surface area contributed by atoms with E-state index in [2.05, 4.69) is 56.6 Å². The third kappa shape index (κ3) is 33.5. The van der Waals surface area contributed by atoms with E-state index in [0.717, 1.165) is 37.7 Å². The zero-order chi connectivity index (χ0) is 74.8. The first-order valence-corrected chi connectivity index (χ1v) is 36.4. The summed E-state index contributed by atoms with van der Waals surface area (Å²) in [6.07, 6.45) is 7.08. The second kappa shape index (κ2) is 48.4. The lowest BCUT2D eigenvalue weighted by Crippen LogP contribution is -2.54. The molecule has 1 aliphatic heterocycles. The van der Waals surface area contributed by atoms with Gasteiger partial charge in [0.25, 0.3) is 5.91 Å². The molecule has 0 fully saturated rings. The number of hydrogen-bond acceptors (Lipinski definition) is 20. The summed E-state index contributed by atoms with van der Waals surface area (Å²) in [5, 5.41) is 28.6. The van der Waals surface area contributed by atoms with E-state index in [0.29, 0.717) is 68.2 Å². The Morgan fingerprint density at radius 2 is 1.38 bits per heavy atom. The van der Waals surface area contributed by atoms with Crippen molar-refractivity contribution in [2.45, 2.75) is 182 Å². The highest BCUT2D eigenvalue weighted by molar-refractivity contribution is 7.09. The summed E-state index contributed by atoms with van der Waals surface area (Å²) < 4.78 is 33.3. The number of nitrogens with two attached hydrogens (primary N) is 2. The first-order chi connectivity index (χ1) is 48.9. The second-order valence-electron chi connectivity index (χ2n) is 25.6. The molecule has 102 heavy (non-hydrogen) atoms. The quantitative estimate of drug-likeness (QED) is 0.0222. The van der Waals surface area contributed by atoms with Crippen LogP contribution in [-0.2, 0) is 70.2 Å². The Kier molecular flexibility index (Phi) is 40.8. The fourth-order valence-corrected chi connectivity index (χ4v) is 11.5. The van der Waals surface area contributed by atoms with Crippen molar-refractivity contribution in [1.29, 1.82) is 0 Å². The summed E-state index contributed by atoms with van der Waals surface area (Å²) >= 11 is 1.30. The van der Waals surface area contributed by atoms with Gasteiger partial charge in [0, 0.05) is 87.8 Å². The molecule has 11 amide bonds. The van der Waals surface area contributed by atoms with Gasteiger partial charge >= 0.3 is 18.2 Å². The van der Waals surface area contributed by atoms with Crippen molar-refractivity contribution in [1.82, 2.24) is 52.2 Å². The molecule has 31 heteroatoms. The van der Waals surface area contributed by atoms with Crippen LogP contribution in [0.1, 0.15) is 165 Å². The lowest BCUT2D eigenvalue weighted by atomic mass is 9.92. The van der Waals surface area contributed by atoms with Gasteiger partial charge in [0.15, 0.2) is 0 Å². The molecule has 2 aromatic carbocycles. The molecule has 0 radical (unpaired) electrons. The minimum atomic E-state index is -1.04. The predicted molar refractivity (Wildman–Crippen MR) is 384 cm³/mol. The van der Waals surface area contributed by atoms with Gasteiger partial charge in [-0.15, -0.1) is 11.3 Å². The second-order valence-corrected chi connectivity index (χ2v) is 26.5. The van der Waals surface area contributed by atoms with E-state index in [1.165, 1.54) is 23.5 Å². The lowest BCUT2D eigenvalue weighted by Gasteiger charge is -2.38. The Morgan fingerprint density at radius 3 is 2.02 bits per heavy atom. The number of carbonyl (C=O) groups excluding carboxylic acids is 10. The third-order valence-corrected chi connectivity index (χ3v) is 17.6. The van der Waals surface area contributed by atoms with Gasteiger partial charge in [0.2, 0.25) is 35.4 Å². The average Bonchev–Trinajstić information content (AvgIpc) is 1.40. The van der Waals surface area contributed by atoms with Crippen LogP contribution >= 0.6 is 11.3 Å². The number of benzene rings is 2. The number of phenolic OH excluding ortho intramolecular Hbond substituents is 1. The number of urea groups is 1. The number of phenols is 1. The minimum Gasteiger partial charge on any atom is -0.508 e. The summed E-state index contributed by atoms with van der Waals surface area (Å²) in [6, 6.07) is 8.95. The molecule has 13 N–H and O–H groups in total. The summed E-state index contributed by atoms with van der Waals surface area (Å²) in [5.41, 5.74) is 18.2. The van der Waals surface area contributed by atoms with Crippen LogP contribution in [0.15, 0.2) is 66.1 Å². The highest BCUT2D eigenvalue weighted by Gasteiger charge is 2.35. The molecule has 4 rings (SSSR count). The fraction of sp³-hybridized carbons (Fsp3) is 0.620. The molecule has 0 saturated carbocycles. The number of nitrogens with zero attached hydrogens (tertiary/aromatic N) is 3. The zero-order valence-corrected chi connectivity index (χ0v) is 61.3. The standard InChI is InChI=1S/C71H111N13O17S/c1-9-32-84(68(92)62(72)49(8)11-3)57(47(4)5)44-58(99-35-10-2)67-79-56(46-102-67)65(90)77-53(43-50-22-27-54(85)28-23-50)26-29-60(87)81-82-71(95)100-42-41-98-40-39-97-38-37-96-36-31-75-70(94)101-45-51-20-24-52(25-21-51)76-64(89)55(17-15-30-74-69(73)93)78-66(91)63(48(6)7)80-59(86)18-13-12-14-33-83-34-16-19-61(83)88/h16,19-25,27-28,46-49,53,55,57-58,62-63,85H,9-15,17-18,26,29-45,72H2,1-8H3,(H,75,94)(H,76,89)(H,77,90)(H,78,91)(H,80,86)(H,81,87)(H,82,95)(H3,73,74,93). The van der Waals surface area contributed by atoms with Crippen LogP contribution in [0.5, 0.6) is 5.75 Å². The molecule has 0 bridgehead atoms. The Morgan fingerprint density at radius 1 is 0.696 bits per heavy atom. The maximum atomic E-state index is 13.9. The van der Waals surface area contributed by atoms with Crippen LogP contribution in [0.25, 0.3) is 0 Å². The van der Waals surface area contributed by atoms with Gasteiger partial charge in [-0.2, -0.15) is 0 Å². The first kappa shape index (κ1) is 85.9. The normalized spacial score (nSPS) is 14.0. The summed E-state index contributed by atoms with van der Waals surface area (Å²) in [5.74, 6) is -2.64. The van der Waals surface area contributed by atoms with E-state index in [1.807, 2.05) is 38.7 Å². The average molecular weight is 1450 g/mol. The van der Waals surface area contributed by atoms with E-state index >= 15 is 0 Å². The highest BCUT2D eigenvalue weighted by Crippen LogP contribution is 2.32. The molecular weight excluding hydrogens is 1340 g/mol. The van der Waals surface area contributed by atoms with Gasteiger partial charge in [-0.05, 0) is 105 Å². The van der Waals surface area contributed by atoms with Gasteiger partial charge in [-0.25, -0.2) is 24.8 Å². The van der Waals surface area contributed by atoms with Crippen molar-refractivity contribution in [2.24, 2.45) is 29.2 Å². The molecule has 568 valence electrons. The van der Waals surface area contributed by atoms with Crippen molar-refractivity contribution in [3.8, 4) is 5.75 Å². The van der Waals surface area contributed by atoms with E-state index in [1.54, 1.807) is 66.6 Å². The SMILES string of the molecule is CCCOC(CC(C(C)C)N(CCC)C(=O)C(N)C(C)CC)c1nc(C(=O)NC(CCC(=O)NNC(=O)OCCOCCOCCOCCNC(=O)OCc2ccc(NC(=O)C(CCCNC(N)=O)NC(=O)C(NC(=O)CCCCCN3CC=CC3=O)C(C)C)cc2)Cc2ccc(O)cc2)cs1. The number of rotatable bonds is 50. The summed E-state index contributed by atoms with van der Waals surface area (Å²) in [7, 11) is 0. The van der Waals surface area contributed by atoms with Crippen LogP contribution in [0.4, 0.5) is 20.1 Å². The van der Waals surface area contributed by atoms with Crippen LogP contribution in [0.2, 0.25) is 0 Å². The number of anilines is 1. The number of aromatic nitrogens is 1. The number of nitrogens with one attached hydrogen (secondary N) is 8. The highest BCUT2D eigenvalue weighted by atomic mass is 32.1. The van der Waals surface area contributed by atoms with Crippen molar-refractivity contribution >= 4 is 76.6 Å². The molecule has 3 aromatic rings. The van der Waals surface area contributed by atoms with Crippen molar-refractivity contribution in [3.05, 3.63) is 87.9 Å². The largest absolute Gasteiger partial charge is 0.508 e. The number of primary amides is 1. The first-order valence-electron chi connectivity index (χ1n) is 35.5. The van der Waals surface area contributed by atoms with Crippen LogP contribution < -0.4 is 54.2 Å². The Hall–Kier alpha value is -8.49. The third-order valence-electron chi connectivity index (χ3n) is 16.7. The zero-order valence-electron chi connectivity index (χ0n) is 60.5. The Balaban J connectivity index is 1.09. The number of carbonyl (C=O) groups is 10. The number of aromatic hydroxyl groups is 1. The van der Waals surface area contributed by atoms with E-state index < -0.39 is 72.1 Å². The topological polar surface area (TPSA) is 414 Å². The molecule has 2 heterocycles. The number of hydrazine groups is 1. The molecule has 7 unspecified atom stereocenters. The number of alkyl carbamates (subject to hydrolysis) is 1. The Labute approximate surface area is 603 Å². The Bertz CT molecular complexity index is 3080. The fourth-order valence-electron chi connectivity index (χ4n) is 10.7. The maximum absolute atomic E-state index is 13.9. The number of unbranched alkanes of at least 4 members (excludes halogenated alkanes) is 2. The summed E-state index contributed by atoms with van der Waals surface area (Å²) in [4.78, 5) is 137. The predicted octanol–water partition coefficient (Wildman–Crippen LogP) is 6.17. The molecule has 30 nitrogen and oxygen atoms in total. The molecule has 1 aromatic heterocycles. The molecule has 0 saturated heterocycles. The van der Waals surface area contributed by atoms with Crippen LogP contribution in [0.3, 0.4) is 0 Å². The number of amides is 11. The minimum absolute atomic E-state index is 0.0112. The van der Waals surface area contributed by atoms with Crippen molar-refractivity contribution in [3.63, 3.8) is 0 Å². The van der Waals surface area contributed by atoms with Crippen molar-refractivity contribution < 1.29 is 81.5 Å². The molecular formula is C71H111N13O17S. The van der Waals surface area contributed by atoms with Gasteiger partial charge in [0.1, 0.15) is 47.9 Å². The maximum Gasteiger partial charge on any atom is 0.426 e. The van der Waals surface area contributed by atoms with E-state index in [-0.39, 0.29) is 145 Å². The molecule has 0 spiro atoms. The molecule has 7 atom stereocenters. The van der Waals surface area contributed by atoms with Gasteiger partial charge in [0.05, 0.1) is 45.7 Å². The number of hydrogen-bond donors (Lipinski definition) is 11. The van der Waals surface area contributed by atoms with Gasteiger partial charge in [-0.3, -0.25) is 39.0 Å². The van der Waals surface area contributed by atoms with E-state index in [4.69, 9.17) is 44.9 Å². The van der Waals surface area contributed by atoms with Crippen molar-refractivity contribution in [2.75, 3.05) is 90.9 Å². The monoisotopic (exact) mass is 1450 g/mol. The van der Waals surface area contributed by atoms with Gasteiger partial charge < -0.3 is 86.7 Å². The lowest BCUT2D eigenvalue weighted by molar-refractivity contribution is -0.138. The number of thiazole rings is 1. The van der Waals surface area contributed by atoms with Gasteiger partial charge in [-0.1, -0.05) is 98.6 Å². The summed E-state index contributed by atoms with van der Waals surface area (Å²) in [6.45, 7) is 19.1. The van der Waals surface area contributed by atoms with Crippen LogP contribution in [0, 0.1) is 17.8 Å². The number of ether oxygens (including phenoxy) is 6. The smallest absolute Gasteiger partial charge is 0.426 e. The van der Waals surface area contributed by atoms with E-state index in [9.17, 15) is 53.1 Å². The van der Waals surface area contributed by atoms with Crippen LogP contribution in [-0.4, -0.2) is 195 Å².